The number of alkyl halides is 3. The Kier molecular flexibility index (Phi) is 6.49. The number of carboxylic acids is 1. The van der Waals surface area contributed by atoms with Crippen LogP contribution in [0.25, 0.3) is 0 Å². The molecule has 0 amide bonds. The van der Waals surface area contributed by atoms with Crippen LogP contribution < -0.4 is 0 Å². The molecule has 156 valence electrons. The number of halogens is 6. The summed E-state index contributed by atoms with van der Waals surface area (Å²) in [5, 5.41) is 11.5. The number of nitrogens with zero attached hydrogens (tertiary/aromatic N) is 1. The molecule has 0 aliphatic heterocycles. The Morgan fingerprint density at radius 1 is 1.14 bits per heavy atom. The lowest BCUT2D eigenvalue weighted by Crippen LogP contribution is -2.41. The standard InChI is InChI=1S/C19H15Cl2F4NO3/c1-9-6-11(4-5-13(9)17(27)28)10(2)26-29-18(3,19(23,24)25)12-7-14(20)16(22)15(21)8-12/h4-8H,1-3H3,(H,27,28)/b26-10+/t18-/m0/s1. The molecule has 0 heterocycles. The van der Waals surface area contributed by atoms with Crippen molar-refractivity contribution in [2.45, 2.75) is 32.5 Å². The molecule has 0 aliphatic carbocycles. The zero-order valence-electron chi connectivity index (χ0n) is 15.4. The van der Waals surface area contributed by atoms with E-state index in [1.165, 1.54) is 25.1 Å². The lowest BCUT2D eigenvalue weighted by atomic mass is 9.95. The Hall–Kier alpha value is -2.32. The molecule has 4 nitrogen and oxygen atoms in total. The molecule has 0 saturated carbocycles. The molecule has 0 fully saturated rings. The van der Waals surface area contributed by atoms with Crippen LogP contribution in [-0.4, -0.2) is 23.0 Å². The predicted octanol–water partition coefficient (Wildman–Crippen LogP) is 6.36. The Morgan fingerprint density at radius 3 is 2.14 bits per heavy atom. The summed E-state index contributed by atoms with van der Waals surface area (Å²) in [6, 6.07) is 5.71. The monoisotopic (exact) mass is 451 g/mol. The van der Waals surface area contributed by atoms with Crippen LogP contribution in [0.5, 0.6) is 0 Å². The van der Waals surface area contributed by atoms with E-state index in [-0.39, 0.29) is 11.3 Å². The fourth-order valence-electron chi connectivity index (χ4n) is 2.44. The second-order valence-corrected chi connectivity index (χ2v) is 7.20. The van der Waals surface area contributed by atoms with Crippen molar-refractivity contribution in [1.82, 2.24) is 0 Å². The first-order chi connectivity index (χ1) is 13.3. The molecule has 0 bridgehead atoms. The lowest BCUT2D eigenvalue weighted by Gasteiger charge is -2.30. The van der Waals surface area contributed by atoms with Gasteiger partial charge in [0.05, 0.1) is 21.3 Å². The Balaban J connectivity index is 2.46. The van der Waals surface area contributed by atoms with Crippen LogP contribution >= 0.6 is 23.2 Å². The summed E-state index contributed by atoms with van der Waals surface area (Å²) >= 11 is 11.3. The van der Waals surface area contributed by atoms with Gasteiger partial charge >= 0.3 is 12.1 Å². The van der Waals surface area contributed by atoms with E-state index < -0.39 is 39.2 Å². The van der Waals surface area contributed by atoms with Gasteiger partial charge in [-0.25, -0.2) is 9.18 Å². The SMILES string of the molecule is C/C(=N\O[C@@](C)(c1cc(Cl)c(F)c(Cl)c1)C(F)(F)F)c1ccc(C(=O)O)c(C)c1. The van der Waals surface area contributed by atoms with Crippen molar-refractivity contribution >= 4 is 34.9 Å². The van der Waals surface area contributed by atoms with Gasteiger partial charge in [0.25, 0.3) is 5.60 Å². The number of aromatic carboxylic acids is 1. The van der Waals surface area contributed by atoms with Gasteiger partial charge < -0.3 is 9.94 Å². The van der Waals surface area contributed by atoms with Gasteiger partial charge in [-0.2, -0.15) is 13.2 Å². The van der Waals surface area contributed by atoms with Gasteiger partial charge in [0.1, 0.15) is 0 Å². The zero-order valence-corrected chi connectivity index (χ0v) is 16.9. The summed E-state index contributed by atoms with van der Waals surface area (Å²) in [7, 11) is 0. The average molecular weight is 452 g/mol. The van der Waals surface area contributed by atoms with E-state index in [2.05, 4.69) is 5.16 Å². The predicted molar refractivity (Wildman–Crippen MR) is 101 cm³/mol. The molecule has 1 atom stereocenters. The molecular formula is C19H15Cl2F4NO3. The number of rotatable bonds is 5. The number of hydrogen-bond donors (Lipinski definition) is 1. The van der Waals surface area contributed by atoms with Gasteiger partial charge in [-0.3, -0.25) is 0 Å². The van der Waals surface area contributed by atoms with Crippen molar-refractivity contribution < 1.29 is 32.3 Å². The Labute approximate surface area is 173 Å². The van der Waals surface area contributed by atoms with Crippen LogP contribution in [0, 0.1) is 12.7 Å². The van der Waals surface area contributed by atoms with Crippen molar-refractivity contribution in [3.05, 3.63) is 68.4 Å². The third-order valence-electron chi connectivity index (χ3n) is 4.32. The van der Waals surface area contributed by atoms with E-state index in [0.717, 1.165) is 12.1 Å². The van der Waals surface area contributed by atoms with E-state index in [1.54, 1.807) is 6.92 Å². The van der Waals surface area contributed by atoms with Gasteiger partial charge in [-0.05, 0) is 56.2 Å². The highest BCUT2D eigenvalue weighted by Crippen LogP contribution is 2.44. The van der Waals surface area contributed by atoms with Crippen LogP contribution in [0.1, 0.15) is 40.9 Å². The summed E-state index contributed by atoms with van der Waals surface area (Å²) in [6.07, 6.45) is -4.94. The molecule has 2 rings (SSSR count). The largest absolute Gasteiger partial charge is 0.478 e. The Bertz CT molecular complexity index is 969. The summed E-state index contributed by atoms with van der Waals surface area (Å²) in [5.41, 5.74) is -2.61. The van der Waals surface area contributed by atoms with Crippen LogP contribution in [-0.2, 0) is 10.4 Å². The van der Waals surface area contributed by atoms with Crippen molar-refractivity contribution in [1.29, 1.82) is 0 Å². The number of aryl methyl sites for hydroxylation is 1. The van der Waals surface area contributed by atoms with Gasteiger partial charge in [-0.15, -0.1) is 0 Å². The van der Waals surface area contributed by atoms with Crippen LogP contribution in [0.2, 0.25) is 10.0 Å². The summed E-state index contributed by atoms with van der Waals surface area (Å²) in [5.74, 6) is -2.18. The third-order valence-corrected chi connectivity index (χ3v) is 4.87. The molecule has 0 aliphatic rings. The number of carbonyl (C=O) groups is 1. The molecule has 0 unspecified atom stereocenters. The number of benzene rings is 2. The number of hydrogen-bond acceptors (Lipinski definition) is 3. The minimum Gasteiger partial charge on any atom is -0.478 e. The first-order valence-electron chi connectivity index (χ1n) is 8.06. The molecule has 29 heavy (non-hydrogen) atoms. The van der Waals surface area contributed by atoms with Crippen LogP contribution in [0.3, 0.4) is 0 Å². The fraction of sp³-hybridized carbons (Fsp3) is 0.263. The maximum atomic E-state index is 13.8. The van der Waals surface area contributed by atoms with Crippen molar-refractivity contribution in [3.63, 3.8) is 0 Å². The summed E-state index contributed by atoms with van der Waals surface area (Å²) in [4.78, 5) is 15.9. The molecule has 10 heteroatoms. The summed E-state index contributed by atoms with van der Waals surface area (Å²) < 4.78 is 54.9. The molecule has 2 aromatic rings. The second-order valence-electron chi connectivity index (χ2n) is 6.39. The first-order valence-corrected chi connectivity index (χ1v) is 8.82. The van der Waals surface area contributed by atoms with E-state index >= 15 is 0 Å². The topological polar surface area (TPSA) is 58.9 Å². The van der Waals surface area contributed by atoms with Crippen LogP contribution in [0.15, 0.2) is 35.5 Å². The molecule has 1 N–H and O–H groups in total. The van der Waals surface area contributed by atoms with Gasteiger partial charge in [0, 0.05) is 5.56 Å². The van der Waals surface area contributed by atoms with Crippen molar-refractivity contribution in [2.75, 3.05) is 0 Å². The average Bonchev–Trinajstić information content (AvgIpc) is 2.61. The highest BCUT2D eigenvalue weighted by Gasteiger charge is 2.56. The van der Waals surface area contributed by atoms with E-state index in [0.29, 0.717) is 18.1 Å². The maximum Gasteiger partial charge on any atom is 0.435 e. The van der Waals surface area contributed by atoms with Gasteiger partial charge in [0.15, 0.2) is 5.82 Å². The second kappa shape index (κ2) is 8.20. The third kappa shape index (κ3) is 4.64. The minimum absolute atomic E-state index is 0.0539. The zero-order chi connectivity index (χ0) is 22.1. The van der Waals surface area contributed by atoms with Crippen molar-refractivity contribution in [2.24, 2.45) is 5.16 Å². The normalized spacial score (nSPS) is 14.4. The van der Waals surface area contributed by atoms with Gasteiger partial charge in [-0.1, -0.05) is 34.4 Å². The molecular weight excluding hydrogens is 437 g/mol. The maximum absolute atomic E-state index is 13.8. The smallest absolute Gasteiger partial charge is 0.435 e. The minimum atomic E-state index is -4.94. The van der Waals surface area contributed by atoms with Crippen LogP contribution in [0.4, 0.5) is 17.6 Å². The van der Waals surface area contributed by atoms with E-state index in [4.69, 9.17) is 33.1 Å². The summed E-state index contributed by atoms with van der Waals surface area (Å²) in [6.45, 7) is 3.66. The van der Waals surface area contributed by atoms with Crippen molar-refractivity contribution in [3.8, 4) is 0 Å². The quantitative estimate of drug-likeness (QED) is 0.249. The van der Waals surface area contributed by atoms with E-state index in [9.17, 15) is 22.4 Å². The number of oxime groups is 1. The molecule has 0 radical (unpaired) electrons. The molecule has 0 saturated heterocycles. The highest BCUT2D eigenvalue weighted by atomic mass is 35.5. The highest BCUT2D eigenvalue weighted by molar-refractivity contribution is 6.35. The van der Waals surface area contributed by atoms with E-state index in [1.807, 2.05) is 0 Å². The molecule has 0 aromatic heterocycles. The Morgan fingerprint density at radius 2 is 1.69 bits per heavy atom. The number of carboxylic acid groups (broad SMARTS) is 1. The first kappa shape index (κ1) is 23.0. The lowest BCUT2D eigenvalue weighted by molar-refractivity contribution is -0.278. The fourth-order valence-corrected chi connectivity index (χ4v) is 2.93. The van der Waals surface area contributed by atoms with Gasteiger partial charge in [0.2, 0.25) is 0 Å². The molecule has 2 aromatic carbocycles. The molecule has 0 spiro atoms.